The quantitative estimate of drug-likeness (QED) is 0.662. The van der Waals surface area contributed by atoms with Gasteiger partial charge in [0.2, 0.25) is 5.91 Å². The Balaban J connectivity index is 2.44. The molecule has 1 rings (SSSR count). The zero-order chi connectivity index (χ0) is 11.5. The Hall–Kier alpha value is -0.650. The molecule has 0 aliphatic carbocycles. The molecule has 0 aromatic heterocycles. The number of hydrogen-bond acceptors (Lipinski definition) is 4. The van der Waals surface area contributed by atoms with Crippen LogP contribution in [0.3, 0.4) is 0 Å². The molecule has 1 aliphatic heterocycles. The summed E-state index contributed by atoms with van der Waals surface area (Å²) in [5, 5.41) is 0. The van der Waals surface area contributed by atoms with E-state index in [1.807, 2.05) is 19.0 Å². The van der Waals surface area contributed by atoms with Crippen molar-refractivity contribution >= 4 is 5.91 Å². The lowest BCUT2D eigenvalue weighted by Gasteiger charge is -2.28. The zero-order valence-electron chi connectivity index (χ0n) is 9.82. The van der Waals surface area contributed by atoms with Gasteiger partial charge in [0.25, 0.3) is 0 Å². The van der Waals surface area contributed by atoms with Gasteiger partial charge in [0.1, 0.15) is 5.54 Å². The molecule has 1 saturated heterocycles. The summed E-state index contributed by atoms with van der Waals surface area (Å²) in [7, 11) is 5.75. The van der Waals surface area contributed by atoms with Gasteiger partial charge in [0.05, 0.1) is 6.61 Å². The Morgan fingerprint density at radius 3 is 2.53 bits per heavy atom. The van der Waals surface area contributed by atoms with Crippen molar-refractivity contribution in [1.82, 2.24) is 9.80 Å². The van der Waals surface area contributed by atoms with Gasteiger partial charge in [-0.2, -0.15) is 0 Å². The molecular formula is C10H21N3O2. The fourth-order valence-electron chi connectivity index (χ4n) is 1.58. The van der Waals surface area contributed by atoms with Gasteiger partial charge in [-0.3, -0.25) is 4.79 Å². The summed E-state index contributed by atoms with van der Waals surface area (Å²) < 4.78 is 5.17. The number of amides is 1. The summed E-state index contributed by atoms with van der Waals surface area (Å²) in [5.41, 5.74) is 5.19. The Kier molecular flexibility index (Phi) is 4.07. The Morgan fingerprint density at radius 1 is 1.40 bits per heavy atom. The molecule has 15 heavy (non-hydrogen) atoms. The highest BCUT2D eigenvalue weighted by molar-refractivity contribution is 5.86. The normalized spacial score (nSPS) is 25.9. The van der Waals surface area contributed by atoms with Crippen molar-refractivity contribution in [3.63, 3.8) is 0 Å². The number of nitrogens with zero attached hydrogens (tertiary/aromatic N) is 2. The van der Waals surface area contributed by atoms with Crippen molar-refractivity contribution in [2.75, 3.05) is 47.4 Å². The lowest BCUT2D eigenvalue weighted by atomic mass is 9.98. The first-order valence-electron chi connectivity index (χ1n) is 5.22. The molecule has 0 aromatic carbocycles. The minimum absolute atomic E-state index is 0.0122. The number of hydrogen-bond donors (Lipinski definition) is 1. The molecule has 0 radical (unpaired) electrons. The van der Waals surface area contributed by atoms with Gasteiger partial charge >= 0.3 is 0 Å². The maximum Gasteiger partial charge on any atom is 0.244 e. The summed E-state index contributed by atoms with van der Waals surface area (Å²) in [5.74, 6) is -0.0122. The second-order valence-corrected chi connectivity index (χ2v) is 4.49. The molecule has 1 heterocycles. The molecular weight excluding hydrogens is 194 g/mol. The van der Waals surface area contributed by atoms with Crippen LogP contribution in [0.1, 0.15) is 6.42 Å². The second kappa shape index (κ2) is 4.92. The Bertz CT molecular complexity index is 225. The van der Waals surface area contributed by atoms with Gasteiger partial charge in [0.15, 0.2) is 0 Å². The zero-order valence-corrected chi connectivity index (χ0v) is 9.82. The summed E-state index contributed by atoms with van der Waals surface area (Å²) in [6, 6.07) is 0. The second-order valence-electron chi connectivity index (χ2n) is 4.49. The van der Waals surface area contributed by atoms with Gasteiger partial charge < -0.3 is 20.3 Å². The summed E-state index contributed by atoms with van der Waals surface area (Å²) in [4.78, 5) is 15.7. The van der Waals surface area contributed by atoms with Crippen LogP contribution in [0, 0.1) is 0 Å². The lowest BCUT2D eigenvalue weighted by molar-refractivity contribution is -0.135. The largest absolute Gasteiger partial charge is 0.379 e. The number of rotatable bonds is 4. The van der Waals surface area contributed by atoms with Crippen LogP contribution in [-0.4, -0.2) is 68.7 Å². The molecule has 1 atom stereocenters. The molecule has 1 fully saturated rings. The number of carbonyl (C=O) groups is 1. The predicted molar refractivity (Wildman–Crippen MR) is 58.5 cm³/mol. The highest BCUT2D eigenvalue weighted by atomic mass is 16.5. The van der Waals surface area contributed by atoms with Gasteiger partial charge in [-0.15, -0.1) is 0 Å². The van der Waals surface area contributed by atoms with Gasteiger partial charge in [0, 0.05) is 26.7 Å². The van der Waals surface area contributed by atoms with E-state index in [4.69, 9.17) is 10.5 Å². The van der Waals surface area contributed by atoms with Crippen LogP contribution in [0.15, 0.2) is 0 Å². The minimum Gasteiger partial charge on any atom is -0.379 e. The summed E-state index contributed by atoms with van der Waals surface area (Å²) >= 11 is 0. The molecule has 0 saturated carbocycles. The topological polar surface area (TPSA) is 58.8 Å². The van der Waals surface area contributed by atoms with E-state index in [-0.39, 0.29) is 5.91 Å². The SMILES string of the molecule is CN(C)CCN(C)C(=O)C1(N)CCOC1. The third-order valence-electron chi connectivity index (χ3n) is 2.71. The first kappa shape index (κ1) is 12.4. The van der Waals surface area contributed by atoms with Crippen molar-refractivity contribution in [3.8, 4) is 0 Å². The van der Waals surface area contributed by atoms with E-state index in [1.54, 1.807) is 11.9 Å². The first-order chi connectivity index (χ1) is 6.96. The van der Waals surface area contributed by atoms with Crippen molar-refractivity contribution < 1.29 is 9.53 Å². The molecule has 1 unspecified atom stereocenters. The van der Waals surface area contributed by atoms with Gasteiger partial charge in [-0.25, -0.2) is 0 Å². The molecule has 1 aliphatic rings. The van der Waals surface area contributed by atoms with E-state index in [0.717, 1.165) is 6.54 Å². The van der Waals surface area contributed by atoms with E-state index in [2.05, 4.69) is 0 Å². The molecule has 5 nitrogen and oxygen atoms in total. The van der Waals surface area contributed by atoms with E-state index in [9.17, 15) is 4.79 Å². The average molecular weight is 215 g/mol. The van der Waals surface area contributed by atoms with E-state index < -0.39 is 5.54 Å². The van der Waals surface area contributed by atoms with Crippen LogP contribution >= 0.6 is 0 Å². The maximum atomic E-state index is 12.0. The van der Waals surface area contributed by atoms with Gasteiger partial charge in [-0.1, -0.05) is 0 Å². The molecule has 0 spiro atoms. The number of likely N-dealkylation sites (N-methyl/N-ethyl adjacent to an activating group) is 2. The fourth-order valence-corrected chi connectivity index (χ4v) is 1.58. The van der Waals surface area contributed by atoms with E-state index >= 15 is 0 Å². The third kappa shape index (κ3) is 3.15. The molecule has 5 heteroatoms. The van der Waals surface area contributed by atoms with Crippen LogP contribution in [0.4, 0.5) is 0 Å². The highest BCUT2D eigenvalue weighted by Crippen LogP contribution is 2.17. The van der Waals surface area contributed by atoms with E-state index in [0.29, 0.717) is 26.2 Å². The molecule has 88 valence electrons. The highest BCUT2D eigenvalue weighted by Gasteiger charge is 2.39. The average Bonchev–Trinajstić information content (AvgIpc) is 2.61. The molecule has 2 N–H and O–H groups in total. The maximum absolute atomic E-state index is 12.0. The van der Waals surface area contributed by atoms with Crippen LogP contribution in [0.5, 0.6) is 0 Å². The van der Waals surface area contributed by atoms with Crippen LogP contribution in [0.2, 0.25) is 0 Å². The summed E-state index contributed by atoms with van der Waals surface area (Å²) in [6.07, 6.45) is 0.623. The summed E-state index contributed by atoms with van der Waals surface area (Å²) in [6.45, 7) is 2.48. The standard InChI is InChI=1S/C10H21N3O2/c1-12(2)5-6-13(3)9(14)10(11)4-7-15-8-10/h4-8,11H2,1-3H3. The fraction of sp³-hybridized carbons (Fsp3) is 0.900. The Labute approximate surface area is 91.2 Å². The monoisotopic (exact) mass is 215 g/mol. The lowest BCUT2D eigenvalue weighted by Crippen LogP contribution is -2.55. The van der Waals surface area contributed by atoms with Crippen molar-refractivity contribution in [2.45, 2.75) is 12.0 Å². The number of carbonyl (C=O) groups excluding carboxylic acids is 1. The van der Waals surface area contributed by atoms with Crippen molar-refractivity contribution in [1.29, 1.82) is 0 Å². The first-order valence-corrected chi connectivity index (χ1v) is 5.22. The number of nitrogens with two attached hydrogens (primary N) is 1. The van der Waals surface area contributed by atoms with E-state index in [1.165, 1.54) is 0 Å². The minimum atomic E-state index is -0.791. The molecule has 1 amide bonds. The smallest absolute Gasteiger partial charge is 0.244 e. The van der Waals surface area contributed by atoms with Crippen molar-refractivity contribution in [2.24, 2.45) is 5.73 Å². The van der Waals surface area contributed by atoms with Crippen LogP contribution in [0.25, 0.3) is 0 Å². The molecule has 0 aromatic rings. The van der Waals surface area contributed by atoms with Crippen molar-refractivity contribution in [3.05, 3.63) is 0 Å². The van der Waals surface area contributed by atoms with Crippen LogP contribution < -0.4 is 5.73 Å². The number of ether oxygens (including phenoxy) is 1. The van der Waals surface area contributed by atoms with Crippen LogP contribution in [-0.2, 0) is 9.53 Å². The Morgan fingerprint density at radius 2 is 2.07 bits per heavy atom. The predicted octanol–water partition coefficient (Wildman–Crippen LogP) is -0.876. The van der Waals surface area contributed by atoms with Gasteiger partial charge in [-0.05, 0) is 20.5 Å². The molecule has 0 bridgehead atoms. The third-order valence-corrected chi connectivity index (χ3v) is 2.71.